The lowest BCUT2D eigenvalue weighted by Crippen LogP contribution is -2.45. The summed E-state index contributed by atoms with van der Waals surface area (Å²) < 4.78 is 0. The highest BCUT2D eigenvalue weighted by Gasteiger charge is 2.59. The molecule has 1 spiro atoms. The van der Waals surface area contributed by atoms with Gasteiger partial charge in [0.1, 0.15) is 5.78 Å². The van der Waals surface area contributed by atoms with Gasteiger partial charge in [-0.3, -0.25) is 34.7 Å². The molecule has 0 radical (unpaired) electrons. The van der Waals surface area contributed by atoms with Gasteiger partial charge in [0.05, 0.1) is 22.8 Å². The number of carbonyl (C=O) groups is 1. The molecule has 2 atom stereocenters. The molecule has 0 aromatic carbocycles. The molecule has 0 N–H and O–H groups in total. The van der Waals surface area contributed by atoms with Crippen LogP contribution in [0.15, 0.2) is 73.8 Å². The fourth-order valence-corrected chi connectivity index (χ4v) is 5.51. The molecule has 4 heterocycles. The van der Waals surface area contributed by atoms with Crippen molar-refractivity contribution in [3.63, 3.8) is 0 Å². The number of hydrogen-bond donors (Lipinski definition) is 0. The Morgan fingerprint density at radius 1 is 0.677 bits per heavy atom. The van der Waals surface area contributed by atoms with Crippen molar-refractivity contribution in [2.24, 2.45) is 0 Å². The Hall–Kier alpha value is -3.87. The predicted molar refractivity (Wildman–Crippen MR) is 112 cm³/mol. The summed E-state index contributed by atoms with van der Waals surface area (Å²) >= 11 is 0. The van der Waals surface area contributed by atoms with Gasteiger partial charge in [-0.05, 0) is 23.3 Å². The number of hydrogen-bond acceptors (Lipinski definition) is 7. The lowest BCUT2D eigenvalue weighted by Gasteiger charge is -2.47. The van der Waals surface area contributed by atoms with E-state index in [0.29, 0.717) is 12.8 Å². The zero-order valence-corrected chi connectivity index (χ0v) is 16.6. The molecule has 2 aliphatic rings. The molecule has 0 bridgehead atoms. The molecular formula is C24H18N6O. The fraction of sp³-hybridized carbons (Fsp3) is 0.208. The Labute approximate surface area is 178 Å². The zero-order valence-electron chi connectivity index (χ0n) is 16.6. The minimum absolute atomic E-state index is 0.180. The van der Waals surface area contributed by atoms with E-state index < -0.39 is 5.41 Å². The summed E-state index contributed by atoms with van der Waals surface area (Å²) in [5.74, 6) is -0.259. The maximum Gasteiger partial charge on any atom is 0.134 e. The Balaban J connectivity index is 1.73. The normalized spacial score (nSPS) is 21.0. The molecule has 4 aromatic rings. The minimum atomic E-state index is -0.590. The third-order valence-corrected chi connectivity index (χ3v) is 6.57. The van der Waals surface area contributed by atoms with Gasteiger partial charge in [0, 0.05) is 79.7 Å². The first kappa shape index (κ1) is 17.9. The number of pyridine rings is 2. The van der Waals surface area contributed by atoms with E-state index in [4.69, 9.17) is 9.97 Å². The van der Waals surface area contributed by atoms with Gasteiger partial charge in [0.15, 0.2) is 0 Å². The molecular weight excluding hydrogens is 388 g/mol. The first-order valence-corrected chi connectivity index (χ1v) is 10.2. The van der Waals surface area contributed by atoms with Crippen LogP contribution >= 0.6 is 0 Å². The van der Waals surface area contributed by atoms with Crippen LogP contribution in [0.3, 0.4) is 0 Å². The number of fused-ring (bicyclic) bond motifs is 5. The molecule has 1 saturated carbocycles. The summed E-state index contributed by atoms with van der Waals surface area (Å²) in [6.45, 7) is 0. The van der Waals surface area contributed by atoms with Crippen molar-refractivity contribution >= 4 is 5.78 Å². The molecule has 1 fully saturated rings. The Kier molecular flexibility index (Phi) is 3.96. The predicted octanol–water partition coefficient (Wildman–Crippen LogP) is 3.25. The molecule has 4 aromatic heterocycles. The second kappa shape index (κ2) is 6.84. The summed E-state index contributed by atoms with van der Waals surface area (Å²) in [6.07, 6.45) is 14.5. The van der Waals surface area contributed by atoms with Crippen molar-refractivity contribution in [1.29, 1.82) is 0 Å². The Bertz CT molecular complexity index is 1180. The Morgan fingerprint density at radius 2 is 1.19 bits per heavy atom. The van der Waals surface area contributed by atoms with Gasteiger partial charge in [0.25, 0.3) is 0 Å². The summed E-state index contributed by atoms with van der Waals surface area (Å²) in [5.41, 5.74) is 4.81. The average molecular weight is 406 g/mol. The topological polar surface area (TPSA) is 94.4 Å². The molecule has 7 nitrogen and oxygen atoms in total. The lowest BCUT2D eigenvalue weighted by atomic mass is 9.54. The molecule has 0 amide bonds. The molecule has 150 valence electrons. The maximum absolute atomic E-state index is 13.1. The van der Waals surface area contributed by atoms with Gasteiger partial charge in [-0.2, -0.15) is 0 Å². The van der Waals surface area contributed by atoms with Crippen molar-refractivity contribution in [3.8, 4) is 11.4 Å². The fourth-order valence-electron chi connectivity index (χ4n) is 5.51. The largest absolute Gasteiger partial charge is 0.300 e. The van der Waals surface area contributed by atoms with E-state index in [0.717, 1.165) is 33.9 Å². The maximum atomic E-state index is 13.1. The van der Waals surface area contributed by atoms with Crippen LogP contribution in [0.1, 0.15) is 47.2 Å². The third kappa shape index (κ3) is 2.49. The SMILES string of the molecule is O=C1CC(c2cnccn2)C2(c3cccnc3-c3ncccc32)C(c2cnccn2)C1. The molecule has 2 aliphatic carbocycles. The summed E-state index contributed by atoms with van der Waals surface area (Å²) in [5, 5.41) is 0. The van der Waals surface area contributed by atoms with Crippen LogP contribution in [0.4, 0.5) is 0 Å². The van der Waals surface area contributed by atoms with Crippen molar-refractivity contribution < 1.29 is 4.79 Å². The second-order valence-electron chi connectivity index (χ2n) is 7.98. The van der Waals surface area contributed by atoms with E-state index in [-0.39, 0.29) is 17.6 Å². The summed E-state index contributed by atoms with van der Waals surface area (Å²) in [7, 11) is 0. The molecule has 0 saturated heterocycles. The van der Waals surface area contributed by atoms with Gasteiger partial charge in [-0.1, -0.05) is 12.1 Å². The number of nitrogens with zero attached hydrogens (tertiary/aromatic N) is 6. The highest BCUT2D eigenvalue weighted by atomic mass is 16.1. The quantitative estimate of drug-likeness (QED) is 0.504. The summed E-state index contributed by atoms with van der Waals surface area (Å²) in [6, 6.07) is 8.10. The number of aromatic nitrogens is 6. The highest BCUT2D eigenvalue weighted by molar-refractivity contribution is 5.86. The van der Waals surface area contributed by atoms with Crippen LogP contribution < -0.4 is 0 Å². The van der Waals surface area contributed by atoms with Crippen LogP contribution in [-0.4, -0.2) is 35.7 Å². The van der Waals surface area contributed by atoms with Gasteiger partial charge >= 0.3 is 0 Å². The van der Waals surface area contributed by atoms with Gasteiger partial charge in [0.2, 0.25) is 0 Å². The monoisotopic (exact) mass is 406 g/mol. The lowest BCUT2D eigenvalue weighted by molar-refractivity contribution is -0.122. The van der Waals surface area contributed by atoms with Crippen LogP contribution in [0, 0.1) is 0 Å². The van der Waals surface area contributed by atoms with Crippen molar-refractivity contribution in [1.82, 2.24) is 29.9 Å². The van der Waals surface area contributed by atoms with Crippen LogP contribution in [0.5, 0.6) is 0 Å². The van der Waals surface area contributed by atoms with Crippen molar-refractivity contribution in [2.75, 3.05) is 0 Å². The summed E-state index contributed by atoms with van der Waals surface area (Å²) in [4.78, 5) is 40.4. The van der Waals surface area contributed by atoms with Crippen molar-refractivity contribution in [2.45, 2.75) is 30.1 Å². The highest BCUT2D eigenvalue weighted by Crippen LogP contribution is 2.63. The number of rotatable bonds is 2. The van der Waals surface area contributed by atoms with Gasteiger partial charge < -0.3 is 0 Å². The second-order valence-corrected chi connectivity index (χ2v) is 7.98. The van der Waals surface area contributed by atoms with Gasteiger partial charge in [-0.15, -0.1) is 0 Å². The standard InChI is InChI=1S/C24H18N6O/c31-15-11-18(20-13-25-7-9-27-20)24(19(12-15)21-14-26-8-10-28-21)16-3-1-5-29-22(16)23-17(24)4-2-6-30-23/h1-10,13-14,18-19H,11-12H2. The van der Waals surface area contributed by atoms with E-state index in [2.05, 4.69) is 32.1 Å². The van der Waals surface area contributed by atoms with E-state index in [1.165, 1.54) is 0 Å². The average Bonchev–Trinajstić information content (AvgIpc) is 3.13. The minimum Gasteiger partial charge on any atom is -0.300 e. The first-order valence-electron chi connectivity index (χ1n) is 10.2. The van der Waals surface area contributed by atoms with Crippen molar-refractivity contribution in [3.05, 3.63) is 96.4 Å². The smallest absolute Gasteiger partial charge is 0.134 e. The zero-order chi connectivity index (χ0) is 20.8. The number of Topliss-reactive ketones (excluding diaryl/α,β-unsaturated/α-hetero) is 1. The van der Waals surface area contributed by atoms with Crippen LogP contribution in [-0.2, 0) is 10.2 Å². The van der Waals surface area contributed by atoms with E-state index >= 15 is 0 Å². The third-order valence-electron chi connectivity index (χ3n) is 6.57. The molecule has 31 heavy (non-hydrogen) atoms. The molecule has 0 aliphatic heterocycles. The molecule has 7 heteroatoms. The number of carbonyl (C=O) groups excluding carboxylic acids is 1. The van der Waals surface area contributed by atoms with E-state index in [1.807, 2.05) is 12.1 Å². The molecule has 6 rings (SSSR count). The van der Waals surface area contributed by atoms with E-state index in [9.17, 15) is 4.79 Å². The van der Waals surface area contributed by atoms with Crippen LogP contribution in [0.25, 0.3) is 11.4 Å². The number of ketones is 1. The Morgan fingerprint density at radius 3 is 1.65 bits per heavy atom. The first-order chi connectivity index (χ1) is 15.3. The molecule has 2 unspecified atom stereocenters. The van der Waals surface area contributed by atoms with E-state index in [1.54, 1.807) is 49.6 Å². The van der Waals surface area contributed by atoms with Crippen LogP contribution in [0.2, 0.25) is 0 Å². The van der Waals surface area contributed by atoms with Gasteiger partial charge in [-0.25, -0.2) is 0 Å².